The summed E-state index contributed by atoms with van der Waals surface area (Å²) < 4.78 is 5.80. The number of hydrogen-bond acceptors (Lipinski definition) is 4. The lowest BCUT2D eigenvalue weighted by Gasteiger charge is -2.28. The van der Waals surface area contributed by atoms with E-state index in [1.54, 1.807) is 0 Å². The van der Waals surface area contributed by atoms with Crippen LogP contribution in [-0.4, -0.2) is 48.7 Å². The number of hydrogen-bond donors (Lipinski definition) is 2. The Hall–Kier alpha value is -1.95. The molecule has 0 bridgehead atoms. The van der Waals surface area contributed by atoms with Crippen LogP contribution >= 0.6 is 23.2 Å². The quantitative estimate of drug-likeness (QED) is 0.565. The highest BCUT2D eigenvalue weighted by Crippen LogP contribution is 2.42. The summed E-state index contributed by atoms with van der Waals surface area (Å²) in [5.74, 6) is 0.0912. The van der Waals surface area contributed by atoms with Gasteiger partial charge in [-0.3, -0.25) is 4.79 Å². The van der Waals surface area contributed by atoms with Crippen molar-refractivity contribution in [3.8, 4) is 11.5 Å². The molecule has 1 heterocycles. The largest absolute Gasteiger partial charge is 0.505 e. The van der Waals surface area contributed by atoms with Crippen LogP contribution < -0.4 is 10.1 Å². The highest BCUT2D eigenvalue weighted by molar-refractivity contribution is 6.39. The molecule has 0 aromatic heterocycles. The molecular formula is C24H30Cl2N2O3. The summed E-state index contributed by atoms with van der Waals surface area (Å²) in [7, 11) is 2.13. The molecule has 0 aliphatic carbocycles. The van der Waals surface area contributed by atoms with Crippen LogP contribution in [0, 0.1) is 5.92 Å². The van der Waals surface area contributed by atoms with Crippen LogP contribution in [0.3, 0.4) is 0 Å². The van der Waals surface area contributed by atoms with Crippen LogP contribution in [0.2, 0.25) is 10.0 Å². The third-order valence-electron chi connectivity index (χ3n) is 5.77. The van der Waals surface area contributed by atoms with Crippen LogP contribution in [-0.2, 0) is 6.42 Å². The lowest BCUT2D eigenvalue weighted by Crippen LogP contribution is -2.34. The molecule has 1 atom stereocenters. The third kappa shape index (κ3) is 6.52. The molecule has 2 aromatic carbocycles. The summed E-state index contributed by atoms with van der Waals surface area (Å²) in [5, 5.41) is 13.6. The summed E-state index contributed by atoms with van der Waals surface area (Å²) >= 11 is 12.7. The van der Waals surface area contributed by atoms with Crippen molar-refractivity contribution >= 4 is 29.1 Å². The number of benzene rings is 2. The average molecular weight is 465 g/mol. The van der Waals surface area contributed by atoms with Crippen LogP contribution in [0.4, 0.5) is 0 Å². The second-order valence-electron chi connectivity index (χ2n) is 8.35. The molecule has 7 heteroatoms. The molecule has 0 unspecified atom stereocenters. The number of likely N-dealkylation sites (tertiary alicyclic amines) is 1. The van der Waals surface area contributed by atoms with E-state index in [1.165, 1.54) is 6.07 Å². The Morgan fingerprint density at radius 3 is 2.61 bits per heavy atom. The van der Waals surface area contributed by atoms with Gasteiger partial charge in [0, 0.05) is 6.04 Å². The van der Waals surface area contributed by atoms with E-state index in [9.17, 15) is 9.90 Å². The number of amides is 1. The maximum Gasteiger partial charge on any atom is 0.255 e. The van der Waals surface area contributed by atoms with Crippen molar-refractivity contribution in [2.75, 3.05) is 26.7 Å². The molecule has 5 nitrogen and oxygen atoms in total. The van der Waals surface area contributed by atoms with Gasteiger partial charge in [-0.15, -0.1) is 0 Å². The molecule has 1 aliphatic rings. The number of aromatic hydroxyl groups is 1. The van der Waals surface area contributed by atoms with Crippen LogP contribution in [0.5, 0.6) is 11.5 Å². The zero-order chi connectivity index (χ0) is 22.4. The maximum atomic E-state index is 12.7. The fraction of sp³-hybridized carbons (Fsp3) is 0.458. The fourth-order valence-corrected chi connectivity index (χ4v) is 4.46. The van der Waals surface area contributed by atoms with E-state index < -0.39 is 5.91 Å². The molecular weight excluding hydrogens is 435 g/mol. The van der Waals surface area contributed by atoms with E-state index >= 15 is 0 Å². The Morgan fingerprint density at radius 2 is 1.94 bits per heavy atom. The first-order chi connectivity index (χ1) is 14.8. The van der Waals surface area contributed by atoms with Crippen molar-refractivity contribution < 1.29 is 14.6 Å². The minimum atomic E-state index is -0.428. The van der Waals surface area contributed by atoms with Crippen molar-refractivity contribution in [2.24, 2.45) is 5.92 Å². The molecule has 2 aromatic rings. The molecule has 1 saturated heterocycles. The summed E-state index contributed by atoms with van der Waals surface area (Å²) in [4.78, 5) is 15.0. The highest BCUT2D eigenvalue weighted by Gasteiger charge is 2.23. The number of ether oxygens (including phenoxy) is 1. The zero-order valence-corrected chi connectivity index (χ0v) is 19.5. The molecule has 1 amide bonds. The van der Waals surface area contributed by atoms with Crippen molar-refractivity contribution in [3.63, 3.8) is 0 Å². The first-order valence-corrected chi connectivity index (χ1v) is 11.5. The van der Waals surface area contributed by atoms with Crippen LogP contribution in [0.25, 0.3) is 0 Å². The zero-order valence-electron chi connectivity index (χ0n) is 18.0. The predicted molar refractivity (Wildman–Crippen MR) is 126 cm³/mol. The van der Waals surface area contributed by atoms with Crippen LogP contribution in [0.1, 0.15) is 42.1 Å². The Balaban J connectivity index is 1.60. The average Bonchev–Trinajstić information content (AvgIpc) is 2.75. The number of phenols is 1. The van der Waals surface area contributed by atoms with E-state index in [-0.39, 0.29) is 33.1 Å². The number of rotatable bonds is 8. The van der Waals surface area contributed by atoms with Crippen molar-refractivity contribution in [1.29, 1.82) is 0 Å². The monoisotopic (exact) mass is 464 g/mol. The standard InChI is InChI=1S/C24H30Cl2N2O3/c1-16(14-18-6-4-3-5-7-18)27-24(30)19-15-20(25)23(21(26)22(19)29)31-13-10-17-8-11-28(2)12-9-17/h3-7,15-17,29H,8-14H2,1-2H3,(H,27,30)/t16-/m1/s1. The van der Waals surface area contributed by atoms with Gasteiger partial charge in [0.15, 0.2) is 11.5 Å². The van der Waals surface area contributed by atoms with Gasteiger partial charge in [0.05, 0.1) is 17.2 Å². The molecule has 1 fully saturated rings. The van der Waals surface area contributed by atoms with Gasteiger partial charge in [-0.1, -0.05) is 53.5 Å². The van der Waals surface area contributed by atoms with E-state index in [4.69, 9.17) is 27.9 Å². The molecule has 1 aliphatic heterocycles. The summed E-state index contributed by atoms with van der Waals surface area (Å²) in [5.41, 5.74) is 1.15. The lowest BCUT2D eigenvalue weighted by molar-refractivity contribution is 0.0937. The number of halogens is 2. The number of nitrogens with zero attached hydrogens (tertiary/aromatic N) is 1. The van der Waals surface area contributed by atoms with Crippen molar-refractivity contribution in [2.45, 2.75) is 38.6 Å². The topological polar surface area (TPSA) is 61.8 Å². The van der Waals surface area contributed by atoms with Gasteiger partial charge in [-0.05, 0) is 70.3 Å². The summed E-state index contributed by atoms with van der Waals surface area (Å²) in [6, 6.07) is 11.2. The fourth-order valence-electron chi connectivity index (χ4n) is 3.90. The number of phenolic OH excluding ortho intramolecular Hbond substituents is 1. The molecule has 0 radical (unpaired) electrons. The first-order valence-electron chi connectivity index (χ1n) is 10.7. The Morgan fingerprint density at radius 1 is 1.26 bits per heavy atom. The first kappa shape index (κ1) is 23.7. The number of carbonyl (C=O) groups excluding carboxylic acids is 1. The van der Waals surface area contributed by atoms with Crippen molar-refractivity contribution in [3.05, 3.63) is 57.6 Å². The molecule has 3 rings (SSSR count). The highest BCUT2D eigenvalue weighted by atomic mass is 35.5. The molecule has 168 valence electrons. The molecule has 2 N–H and O–H groups in total. The second-order valence-corrected chi connectivity index (χ2v) is 9.13. The normalized spacial score (nSPS) is 16.1. The molecule has 0 spiro atoms. The smallest absolute Gasteiger partial charge is 0.255 e. The minimum Gasteiger partial charge on any atom is -0.505 e. The van der Waals surface area contributed by atoms with E-state index in [1.807, 2.05) is 37.3 Å². The number of nitrogens with one attached hydrogen (secondary N) is 1. The van der Waals surface area contributed by atoms with E-state index in [2.05, 4.69) is 17.3 Å². The van der Waals surface area contributed by atoms with E-state index in [0.717, 1.165) is 37.9 Å². The van der Waals surface area contributed by atoms with Crippen molar-refractivity contribution in [1.82, 2.24) is 10.2 Å². The maximum absolute atomic E-state index is 12.7. The van der Waals surface area contributed by atoms with E-state index in [0.29, 0.717) is 18.9 Å². The van der Waals surface area contributed by atoms with Gasteiger partial charge < -0.3 is 20.1 Å². The van der Waals surface area contributed by atoms with Gasteiger partial charge >= 0.3 is 0 Å². The predicted octanol–water partition coefficient (Wildman–Crippen LogP) is 5.17. The molecule has 0 saturated carbocycles. The van der Waals surface area contributed by atoms with Gasteiger partial charge in [-0.25, -0.2) is 0 Å². The third-order valence-corrected chi connectivity index (χ3v) is 6.40. The van der Waals surface area contributed by atoms with Gasteiger partial charge in [0.2, 0.25) is 0 Å². The van der Waals surface area contributed by atoms with Gasteiger partial charge in [0.1, 0.15) is 5.02 Å². The minimum absolute atomic E-state index is 0.0308. The summed E-state index contributed by atoms with van der Waals surface area (Å²) in [6.45, 7) is 4.57. The number of piperidine rings is 1. The Bertz CT molecular complexity index is 884. The van der Waals surface area contributed by atoms with Gasteiger partial charge in [-0.2, -0.15) is 0 Å². The summed E-state index contributed by atoms with van der Waals surface area (Å²) in [6.07, 6.45) is 3.87. The van der Waals surface area contributed by atoms with Crippen LogP contribution in [0.15, 0.2) is 36.4 Å². The molecule has 31 heavy (non-hydrogen) atoms. The van der Waals surface area contributed by atoms with Gasteiger partial charge in [0.25, 0.3) is 5.91 Å². The Kier molecular flexibility index (Phi) is 8.47. The SMILES string of the molecule is C[C@H](Cc1ccccc1)NC(=O)c1cc(Cl)c(OCCC2CCN(C)CC2)c(Cl)c1O. The number of carbonyl (C=O) groups is 1. The lowest BCUT2D eigenvalue weighted by atomic mass is 9.94. The Labute approximate surface area is 194 Å². The second kappa shape index (κ2) is 11.1.